The Morgan fingerprint density at radius 2 is 1.34 bits per heavy atom. The molecule has 0 saturated carbocycles. The van der Waals surface area contributed by atoms with Crippen LogP contribution in [0.15, 0.2) is 0 Å². The van der Waals surface area contributed by atoms with E-state index < -0.39 is 59.7 Å². The van der Waals surface area contributed by atoms with E-state index in [0.29, 0.717) is 0 Å². The summed E-state index contributed by atoms with van der Waals surface area (Å²) in [5.41, 5.74) is 10.7. The minimum Gasteiger partial charge on any atom is -0.481 e. The van der Waals surface area contributed by atoms with Crippen molar-refractivity contribution in [3.63, 3.8) is 0 Å². The van der Waals surface area contributed by atoms with Crippen molar-refractivity contribution in [2.75, 3.05) is 0 Å². The van der Waals surface area contributed by atoms with Crippen molar-refractivity contribution in [3.8, 4) is 0 Å². The predicted octanol–water partition coefficient (Wildman–Crippen LogP) is -1.95. The summed E-state index contributed by atoms with van der Waals surface area (Å²) in [6.45, 7) is 4.87. The van der Waals surface area contributed by atoms with E-state index in [9.17, 15) is 33.9 Å². The molecule has 0 aromatic rings. The number of amides is 4. The molecular formula is C19H33N5O8. The third-order valence-electron chi connectivity index (χ3n) is 4.39. The SMILES string of the molecule is CC(C)C[C@H](NC(=O)[C@H](CCC(N)=O)NC(=O)[C@H](C)NC(=O)[C@@H](N)CCC(=O)O)C(=O)O. The van der Waals surface area contributed by atoms with E-state index in [1.807, 2.05) is 0 Å². The van der Waals surface area contributed by atoms with Gasteiger partial charge in [-0.15, -0.1) is 0 Å². The molecule has 0 aromatic heterocycles. The highest BCUT2D eigenvalue weighted by molar-refractivity contribution is 5.94. The molecule has 4 atom stereocenters. The minimum atomic E-state index is -1.27. The molecule has 0 bridgehead atoms. The Morgan fingerprint density at radius 3 is 1.81 bits per heavy atom. The fraction of sp³-hybridized carbons (Fsp3) is 0.684. The van der Waals surface area contributed by atoms with Crippen LogP contribution in [-0.2, 0) is 28.8 Å². The van der Waals surface area contributed by atoms with Crippen LogP contribution in [0.3, 0.4) is 0 Å². The van der Waals surface area contributed by atoms with Gasteiger partial charge in [0.25, 0.3) is 0 Å². The summed E-state index contributed by atoms with van der Waals surface area (Å²) >= 11 is 0. The van der Waals surface area contributed by atoms with E-state index >= 15 is 0 Å². The lowest BCUT2D eigenvalue weighted by Gasteiger charge is -2.24. The second-order valence-electron chi connectivity index (χ2n) is 7.86. The summed E-state index contributed by atoms with van der Waals surface area (Å²) < 4.78 is 0. The zero-order valence-electron chi connectivity index (χ0n) is 18.4. The van der Waals surface area contributed by atoms with Crippen molar-refractivity contribution in [3.05, 3.63) is 0 Å². The Labute approximate surface area is 185 Å². The highest BCUT2D eigenvalue weighted by atomic mass is 16.4. The third-order valence-corrected chi connectivity index (χ3v) is 4.39. The second-order valence-corrected chi connectivity index (χ2v) is 7.86. The van der Waals surface area contributed by atoms with Crippen LogP contribution in [0, 0.1) is 5.92 Å². The van der Waals surface area contributed by atoms with E-state index in [-0.39, 0.29) is 38.0 Å². The summed E-state index contributed by atoms with van der Waals surface area (Å²) in [5.74, 6) is -5.48. The number of rotatable bonds is 15. The van der Waals surface area contributed by atoms with Gasteiger partial charge in [0, 0.05) is 12.8 Å². The van der Waals surface area contributed by atoms with Crippen LogP contribution in [0.1, 0.15) is 52.9 Å². The molecule has 0 fully saturated rings. The first kappa shape index (κ1) is 28.8. The van der Waals surface area contributed by atoms with E-state index in [2.05, 4.69) is 16.0 Å². The summed E-state index contributed by atoms with van der Waals surface area (Å²) in [6.07, 6.45) is -0.740. The minimum absolute atomic E-state index is 0.0318. The first-order chi connectivity index (χ1) is 14.7. The summed E-state index contributed by atoms with van der Waals surface area (Å²) in [5, 5.41) is 24.9. The maximum Gasteiger partial charge on any atom is 0.326 e. The Hall–Kier alpha value is -3.22. The normalized spacial score (nSPS) is 14.5. The van der Waals surface area contributed by atoms with Gasteiger partial charge in [0.2, 0.25) is 23.6 Å². The zero-order chi connectivity index (χ0) is 25.0. The number of carboxylic acid groups (broad SMARTS) is 2. The molecule has 13 heteroatoms. The maximum absolute atomic E-state index is 12.6. The van der Waals surface area contributed by atoms with Crippen LogP contribution in [0.5, 0.6) is 0 Å². The second kappa shape index (κ2) is 14.0. The Kier molecular flexibility index (Phi) is 12.6. The average molecular weight is 460 g/mol. The van der Waals surface area contributed by atoms with Crippen molar-refractivity contribution >= 4 is 35.6 Å². The molecule has 0 aliphatic rings. The molecular weight excluding hydrogens is 426 g/mol. The summed E-state index contributed by atoms with van der Waals surface area (Å²) in [7, 11) is 0. The number of carboxylic acids is 2. The molecule has 4 amide bonds. The number of carbonyl (C=O) groups excluding carboxylic acids is 4. The molecule has 0 rings (SSSR count). The average Bonchev–Trinajstić information content (AvgIpc) is 2.67. The van der Waals surface area contributed by atoms with E-state index in [0.717, 1.165) is 0 Å². The van der Waals surface area contributed by atoms with Gasteiger partial charge in [-0.3, -0.25) is 24.0 Å². The van der Waals surface area contributed by atoms with Crippen LogP contribution < -0.4 is 27.4 Å². The van der Waals surface area contributed by atoms with Gasteiger partial charge in [-0.05, 0) is 32.1 Å². The van der Waals surface area contributed by atoms with Crippen molar-refractivity contribution in [2.24, 2.45) is 17.4 Å². The van der Waals surface area contributed by atoms with Crippen LogP contribution in [0.2, 0.25) is 0 Å². The molecule has 0 aliphatic heterocycles. The fourth-order valence-electron chi connectivity index (χ4n) is 2.61. The molecule has 0 aromatic carbocycles. The first-order valence-corrected chi connectivity index (χ1v) is 10.1. The largest absolute Gasteiger partial charge is 0.481 e. The molecule has 0 radical (unpaired) electrons. The van der Waals surface area contributed by atoms with Crippen molar-refractivity contribution in [1.29, 1.82) is 0 Å². The van der Waals surface area contributed by atoms with Crippen molar-refractivity contribution in [2.45, 2.75) is 77.0 Å². The van der Waals surface area contributed by atoms with Crippen LogP contribution in [0.25, 0.3) is 0 Å². The van der Waals surface area contributed by atoms with Crippen molar-refractivity contribution < 1.29 is 39.0 Å². The van der Waals surface area contributed by atoms with Gasteiger partial charge in [0.05, 0.1) is 6.04 Å². The standard InChI is InChI=1S/C19H33N5O8/c1-9(2)8-13(19(31)32)24-18(30)12(5-6-14(21)25)23-16(28)10(3)22-17(29)11(20)4-7-15(26)27/h9-13H,4-8,20H2,1-3H3,(H2,21,25)(H,22,29)(H,23,28)(H,24,30)(H,26,27)(H,31,32)/t10-,11-,12-,13-/m0/s1. The summed E-state index contributed by atoms with van der Waals surface area (Å²) in [4.78, 5) is 70.1. The van der Waals surface area contributed by atoms with Gasteiger partial charge >= 0.3 is 11.9 Å². The monoisotopic (exact) mass is 459 g/mol. The number of carbonyl (C=O) groups is 6. The maximum atomic E-state index is 12.6. The molecule has 0 unspecified atom stereocenters. The van der Waals surface area contributed by atoms with Crippen LogP contribution in [-0.4, -0.2) is 69.9 Å². The Balaban J connectivity index is 5.14. The third kappa shape index (κ3) is 11.8. The molecule has 0 heterocycles. The number of nitrogens with one attached hydrogen (secondary N) is 3. The van der Waals surface area contributed by atoms with Gasteiger partial charge in [0.15, 0.2) is 0 Å². The Bertz CT molecular complexity index is 712. The molecule has 0 aliphatic carbocycles. The smallest absolute Gasteiger partial charge is 0.326 e. The number of primary amides is 1. The van der Waals surface area contributed by atoms with Crippen LogP contribution in [0.4, 0.5) is 0 Å². The van der Waals surface area contributed by atoms with E-state index in [1.165, 1.54) is 6.92 Å². The number of nitrogens with two attached hydrogens (primary N) is 2. The van der Waals surface area contributed by atoms with Crippen molar-refractivity contribution in [1.82, 2.24) is 16.0 Å². The topological polar surface area (TPSA) is 231 Å². The van der Waals surface area contributed by atoms with Gasteiger partial charge in [0.1, 0.15) is 18.1 Å². The molecule has 32 heavy (non-hydrogen) atoms. The predicted molar refractivity (Wildman–Crippen MR) is 112 cm³/mol. The Morgan fingerprint density at radius 1 is 0.781 bits per heavy atom. The molecule has 182 valence electrons. The first-order valence-electron chi connectivity index (χ1n) is 10.1. The number of aliphatic carboxylic acids is 2. The number of hydrogen-bond donors (Lipinski definition) is 7. The quantitative estimate of drug-likeness (QED) is 0.144. The van der Waals surface area contributed by atoms with Gasteiger partial charge in [-0.25, -0.2) is 4.79 Å². The molecule has 13 nitrogen and oxygen atoms in total. The molecule has 9 N–H and O–H groups in total. The lowest BCUT2D eigenvalue weighted by Crippen LogP contribution is -2.56. The number of hydrogen-bond acceptors (Lipinski definition) is 7. The fourth-order valence-corrected chi connectivity index (χ4v) is 2.61. The van der Waals surface area contributed by atoms with E-state index in [1.54, 1.807) is 13.8 Å². The van der Waals surface area contributed by atoms with Gasteiger partial charge in [-0.1, -0.05) is 13.8 Å². The zero-order valence-corrected chi connectivity index (χ0v) is 18.4. The van der Waals surface area contributed by atoms with Crippen LogP contribution >= 0.6 is 0 Å². The van der Waals surface area contributed by atoms with E-state index in [4.69, 9.17) is 16.6 Å². The highest BCUT2D eigenvalue weighted by Gasteiger charge is 2.29. The highest BCUT2D eigenvalue weighted by Crippen LogP contribution is 2.07. The van der Waals surface area contributed by atoms with Gasteiger partial charge in [-0.2, -0.15) is 0 Å². The molecule has 0 saturated heterocycles. The lowest BCUT2D eigenvalue weighted by atomic mass is 10.0. The van der Waals surface area contributed by atoms with Gasteiger partial charge < -0.3 is 37.6 Å². The summed E-state index contributed by atoms with van der Waals surface area (Å²) in [6, 6.07) is -4.76. The molecule has 0 spiro atoms. The lowest BCUT2D eigenvalue weighted by molar-refractivity contribution is -0.143.